The molecule has 2 aromatic carbocycles. The number of amides is 1. The molecule has 1 unspecified atom stereocenters. The lowest BCUT2D eigenvalue weighted by molar-refractivity contribution is 0.0724. The second-order valence-corrected chi connectivity index (χ2v) is 8.58. The number of nitrogens with zero attached hydrogens (tertiary/aromatic N) is 1. The number of unbranched alkanes of at least 4 members (excludes halogenated alkanes) is 2. The molecule has 1 aliphatic heterocycles. The summed E-state index contributed by atoms with van der Waals surface area (Å²) >= 11 is 0. The standard InChI is InChI=1S/C27H31NO5/c1-6-8-9-12-28-24(18-10-11-19(32-7-2)20(15-18)31-5)23-25(29)22-17(4)13-16(3)14-21(22)33-26(23)27(28)30/h10-11,13-15,24H,6-9,12H2,1-5H3. The van der Waals surface area contributed by atoms with Gasteiger partial charge in [0.15, 0.2) is 16.9 Å². The first kappa shape index (κ1) is 22.9. The molecule has 0 fully saturated rings. The van der Waals surface area contributed by atoms with Crippen LogP contribution in [0.15, 0.2) is 39.5 Å². The van der Waals surface area contributed by atoms with E-state index < -0.39 is 6.04 Å². The minimum atomic E-state index is -0.532. The van der Waals surface area contributed by atoms with Crippen molar-refractivity contribution in [2.75, 3.05) is 20.3 Å². The zero-order valence-electron chi connectivity index (χ0n) is 20.0. The van der Waals surface area contributed by atoms with Gasteiger partial charge in [0.2, 0.25) is 5.76 Å². The van der Waals surface area contributed by atoms with Crippen molar-refractivity contribution in [3.8, 4) is 11.5 Å². The van der Waals surface area contributed by atoms with Gasteiger partial charge in [-0.05, 0) is 62.1 Å². The Bertz CT molecular complexity index is 1260. The third kappa shape index (κ3) is 3.99. The van der Waals surface area contributed by atoms with Crippen LogP contribution in [0.3, 0.4) is 0 Å². The molecule has 3 aromatic rings. The molecule has 0 radical (unpaired) electrons. The smallest absolute Gasteiger partial charge is 0.290 e. The van der Waals surface area contributed by atoms with Crippen LogP contribution in [0.1, 0.15) is 72.0 Å². The summed E-state index contributed by atoms with van der Waals surface area (Å²) in [5, 5.41) is 0.533. The summed E-state index contributed by atoms with van der Waals surface area (Å²) in [7, 11) is 1.59. The van der Waals surface area contributed by atoms with Gasteiger partial charge in [0.1, 0.15) is 5.58 Å². The van der Waals surface area contributed by atoms with Crippen molar-refractivity contribution < 1.29 is 18.7 Å². The summed E-state index contributed by atoms with van der Waals surface area (Å²) in [5.41, 5.74) is 3.36. The van der Waals surface area contributed by atoms with Gasteiger partial charge in [0.25, 0.3) is 5.91 Å². The van der Waals surface area contributed by atoms with E-state index in [4.69, 9.17) is 13.9 Å². The third-order valence-corrected chi connectivity index (χ3v) is 6.22. The van der Waals surface area contributed by atoms with E-state index in [2.05, 4.69) is 6.92 Å². The molecule has 33 heavy (non-hydrogen) atoms. The lowest BCUT2D eigenvalue weighted by Crippen LogP contribution is -2.30. The van der Waals surface area contributed by atoms with Crippen molar-refractivity contribution in [2.24, 2.45) is 0 Å². The minimum absolute atomic E-state index is 0.145. The van der Waals surface area contributed by atoms with E-state index in [9.17, 15) is 9.59 Å². The highest BCUT2D eigenvalue weighted by atomic mass is 16.5. The summed E-state index contributed by atoms with van der Waals surface area (Å²) in [6.45, 7) is 8.95. The number of methoxy groups -OCH3 is 1. The Morgan fingerprint density at radius 1 is 1.03 bits per heavy atom. The molecular formula is C27H31NO5. The Labute approximate surface area is 194 Å². The first-order valence-electron chi connectivity index (χ1n) is 11.6. The highest BCUT2D eigenvalue weighted by Crippen LogP contribution is 2.41. The summed E-state index contributed by atoms with van der Waals surface area (Å²) in [6.07, 6.45) is 2.89. The largest absolute Gasteiger partial charge is 0.493 e. The van der Waals surface area contributed by atoms with Gasteiger partial charge in [0, 0.05) is 6.54 Å². The maximum absolute atomic E-state index is 13.8. The number of aryl methyl sites for hydroxylation is 2. The number of benzene rings is 2. The van der Waals surface area contributed by atoms with E-state index in [0.29, 0.717) is 41.2 Å². The molecule has 0 spiro atoms. The van der Waals surface area contributed by atoms with Gasteiger partial charge in [-0.1, -0.05) is 31.9 Å². The van der Waals surface area contributed by atoms with Crippen LogP contribution < -0.4 is 14.9 Å². The number of carbonyl (C=O) groups excluding carboxylic acids is 1. The summed E-state index contributed by atoms with van der Waals surface area (Å²) in [5.74, 6) is 1.10. The molecule has 1 atom stereocenters. The number of fused-ring (bicyclic) bond motifs is 2. The van der Waals surface area contributed by atoms with Gasteiger partial charge < -0.3 is 18.8 Å². The topological polar surface area (TPSA) is 69.0 Å². The molecule has 0 aliphatic carbocycles. The van der Waals surface area contributed by atoms with E-state index in [1.54, 1.807) is 12.0 Å². The number of hydrogen-bond donors (Lipinski definition) is 0. The maximum Gasteiger partial charge on any atom is 0.290 e. The van der Waals surface area contributed by atoms with E-state index in [-0.39, 0.29) is 17.1 Å². The average molecular weight is 450 g/mol. The van der Waals surface area contributed by atoms with E-state index in [1.165, 1.54) is 0 Å². The van der Waals surface area contributed by atoms with Crippen LogP contribution in [-0.2, 0) is 0 Å². The zero-order chi connectivity index (χ0) is 23.7. The van der Waals surface area contributed by atoms with Gasteiger partial charge in [-0.3, -0.25) is 9.59 Å². The lowest BCUT2D eigenvalue weighted by atomic mass is 9.96. The molecule has 1 amide bonds. The van der Waals surface area contributed by atoms with Crippen molar-refractivity contribution >= 4 is 16.9 Å². The van der Waals surface area contributed by atoms with Crippen LogP contribution in [0.5, 0.6) is 11.5 Å². The van der Waals surface area contributed by atoms with Crippen molar-refractivity contribution in [3.05, 3.63) is 68.6 Å². The van der Waals surface area contributed by atoms with Gasteiger partial charge >= 0.3 is 0 Å². The van der Waals surface area contributed by atoms with Crippen molar-refractivity contribution in [2.45, 2.75) is 53.0 Å². The number of ether oxygens (including phenoxy) is 2. The molecule has 6 nitrogen and oxygen atoms in total. The van der Waals surface area contributed by atoms with Crippen LogP contribution in [0, 0.1) is 13.8 Å². The van der Waals surface area contributed by atoms with Crippen molar-refractivity contribution in [1.29, 1.82) is 0 Å². The number of hydrogen-bond acceptors (Lipinski definition) is 5. The first-order chi connectivity index (χ1) is 15.9. The molecule has 6 heteroatoms. The number of carbonyl (C=O) groups is 1. The van der Waals surface area contributed by atoms with E-state index in [0.717, 1.165) is 36.0 Å². The molecule has 4 rings (SSSR count). The Balaban J connectivity index is 1.93. The SMILES string of the molecule is CCCCCN1C(=O)c2oc3cc(C)cc(C)c3c(=O)c2C1c1ccc(OCC)c(OC)c1. The Morgan fingerprint density at radius 2 is 1.82 bits per heavy atom. The molecule has 0 N–H and O–H groups in total. The second-order valence-electron chi connectivity index (χ2n) is 8.58. The van der Waals surface area contributed by atoms with Crippen LogP contribution in [-0.4, -0.2) is 31.1 Å². The van der Waals surface area contributed by atoms with E-state index in [1.807, 2.05) is 51.1 Å². The number of rotatable bonds is 8. The molecule has 1 aromatic heterocycles. The van der Waals surface area contributed by atoms with Gasteiger partial charge in [-0.25, -0.2) is 0 Å². The summed E-state index contributed by atoms with van der Waals surface area (Å²) in [4.78, 5) is 29.1. The van der Waals surface area contributed by atoms with Crippen LogP contribution >= 0.6 is 0 Å². The van der Waals surface area contributed by atoms with Gasteiger partial charge in [-0.2, -0.15) is 0 Å². The molecule has 2 heterocycles. The predicted molar refractivity (Wildman–Crippen MR) is 129 cm³/mol. The quantitative estimate of drug-likeness (QED) is 0.422. The van der Waals surface area contributed by atoms with Crippen molar-refractivity contribution in [3.63, 3.8) is 0 Å². The van der Waals surface area contributed by atoms with Crippen LogP contribution in [0.2, 0.25) is 0 Å². The summed E-state index contributed by atoms with van der Waals surface area (Å²) < 4.78 is 17.3. The van der Waals surface area contributed by atoms with Crippen molar-refractivity contribution in [1.82, 2.24) is 4.90 Å². The predicted octanol–water partition coefficient (Wildman–Crippen LogP) is 5.55. The molecule has 0 saturated heterocycles. The zero-order valence-corrected chi connectivity index (χ0v) is 20.0. The highest BCUT2D eigenvalue weighted by molar-refractivity contribution is 5.99. The monoisotopic (exact) mass is 449 g/mol. The fourth-order valence-corrected chi connectivity index (χ4v) is 4.75. The average Bonchev–Trinajstić information content (AvgIpc) is 3.06. The summed E-state index contributed by atoms with van der Waals surface area (Å²) in [6, 6.07) is 8.86. The Morgan fingerprint density at radius 3 is 2.52 bits per heavy atom. The Kier molecular flexibility index (Phi) is 6.45. The van der Waals surface area contributed by atoms with Crippen LogP contribution in [0.4, 0.5) is 0 Å². The first-order valence-corrected chi connectivity index (χ1v) is 11.6. The van der Waals surface area contributed by atoms with Crippen LogP contribution in [0.25, 0.3) is 11.0 Å². The van der Waals surface area contributed by atoms with E-state index >= 15 is 0 Å². The second kappa shape index (κ2) is 9.30. The maximum atomic E-state index is 13.8. The van der Waals surface area contributed by atoms with Gasteiger partial charge in [-0.15, -0.1) is 0 Å². The fourth-order valence-electron chi connectivity index (χ4n) is 4.75. The minimum Gasteiger partial charge on any atom is -0.493 e. The third-order valence-electron chi connectivity index (χ3n) is 6.22. The molecule has 174 valence electrons. The molecule has 0 bridgehead atoms. The molecular weight excluding hydrogens is 418 g/mol. The van der Waals surface area contributed by atoms with Gasteiger partial charge in [0.05, 0.1) is 30.7 Å². The highest BCUT2D eigenvalue weighted by Gasteiger charge is 2.42. The molecule has 1 aliphatic rings. The Hall–Kier alpha value is -3.28. The molecule has 0 saturated carbocycles. The lowest BCUT2D eigenvalue weighted by Gasteiger charge is -2.25. The fraction of sp³-hybridized carbons (Fsp3) is 0.407. The normalized spacial score (nSPS) is 15.2.